The van der Waals surface area contributed by atoms with Gasteiger partial charge in [-0.1, -0.05) is 0 Å². The maximum Gasteiger partial charge on any atom is 0.316 e. The number of primary amides is 1. The van der Waals surface area contributed by atoms with E-state index in [2.05, 4.69) is 5.32 Å². The fourth-order valence-electron chi connectivity index (χ4n) is 1.48. The molecule has 0 spiro atoms. The van der Waals surface area contributed by atoms with Gasteiger partial charge in [0.25, 0.3) is 0 Å². The average Bonchev–Trinajstić information content (AvgIpc) is 2.28. The van der Waals surface area contributed by atoms with E-state index in [4.69, 9.17) is 24.7 Å². The SMILES string of the molecule is CCOC(OCC)C(NC(N)=O)(OCC)OCC. The molecule has 0 aliphatic carbocycles. The van der Waals surface area contributed by atoms with Crippen LogP contribution in [0.1, 0.15) is 27.7 Å². The fourth-order valence-corrected chi connectivity index (χ4v) is 1.48. The van der Waals surface area contributed by atoms with Gasteiger partial charge in [0, 0.05) is 26.4 Å². The lowest BCUT2D eigenvalue weighted by Crippen LogP contribution is -2.63. The van der Waals surface area contributed by atoms with Crippen LogP contribution in [-0.4, -0.2) is 44.7 Å². The molecule has 7 nitrogen and oxygen atoms in total. The zero-order valence-corrected chi connectivity index (χ0v) is 11.5. The van der Waals surface area contributed by atoms with Crippen LogP contribution in [0.5, 0.6) is 0 Å². The minimum Gasteiger partial charge on any atom is -0.352 e. The number of hydrogen-bond donors (Lipinski definition) is 2. The molecule has 0 unspecified atom stereocenters. The molecule has 0 heterocycles. The van der Waals surface area contributed by atoms with Crippen molar-refractivity contribution in [3.63, 3.8) is 0 Å². The van der Waals surface area contributed by atoms with Gasteiger partial charge >= 0.3 is 11.9 Å². The molecule has 0 rings (SSSR count). The Kier molecular flexibility index (Phi) is 8.65. The summed E-state index contributed by atoms with van der Waals surface area (Å²) in [5.74, 6) is -1.53. The Labute approximate surface area is 108 Å². The first kappa shape index (κ1) is 17.1. The normalized spacial score (nSPS) is 11.8. The van der Waals surface area contributed by atoms with Crippen molar-refractivity contribution in [1.82, 2.24) is 5.32 Å². The van der Waals surface area contributed by atoms with Gasteiger partial charge in [0.15, 0.2) is 0 Å². The molecule has 0 aliphatic heterocycles. The summed E-state index contributed by atoms with van der Waals surface area (Å²) in [4.78, 5) is 11.1. The van der Waals surface area contributed by atoms with E-state index in [0.717, 1.165) is 0 Å². The van der Waals surface area contributed by atoms with Gasteiger partial charge in [-0.3, -0.25) is 5.32 Å². The summed E-state index contributed by atoms with van der Waals surface area (Å²) in [6.45, 7) is 8.52. The third-order valence-corrected chi connectivity index (χ3v) is 1.96. The van der Waals surface area contributed by atoms with E-state index >= 15 is 0 Å². The third kappa shape index (κ3) is 5.18. The van der Waals surface area contributed by atoms with Crippen molar-refractivity contribution in [3.8, 4) is 0 Å². The van der Waals surface area contributed by atoms with Gasteiger partial charge in [-0.25, -0.2) is 4.79 Å². The van der Waals surface area contributed by atoms with E-state index in [-0.39, 0.29) is 0 Å². The quantitative estimate of drug-likeness (QED) is 0.569. The number of ether oxygens (including phenoxy) is 4. The van der Waals surface area contributed by atoms with Crippen molar-refractivity contribution in [1.29, 1.82) is 0 Å². The van der Waals surface area contributed by atoms with Crippen molar-refractivity contribution in [2.45, 2.75) is 39.9 Å². The smallest absolute Gasteiger partial charge is 0.316 e. The number of amides is 2. The Morgan fingerprint density at radius 3 is 1.78 bits per heavy atom. The molecule has 0 atom stereocenters. The highest BCUT2D eigenvalue weighted by Crippen LogP contribution is 2.19. The van der Waals surface area contributed by atoms with E-state index in [0.29, 0.717) is 26.4 Å². The van der Waals surface area contributed by atoms with Crippen LogP contribution in [0.4, 0.5) is 4.79 Å². The molecule has 0 radical (unpaired) electrons. The molecule has 18 heavy (non-hydrogen) atoms. The summed E-state index contributed by atoms with van der Waals surface area (Å²) in [5, 5.41) is 2.41. The predicted octanol–water partition coefficient (Wildman–Crippen LogP) is 0.781. The second-order valence-electron chi connectivity index (χ2n) is 3.27. The monoisotopic (exact) mass is 264 g/mol. The first-order chi connectivity index (χ1) is 8.56. The highest BCUT2D eigenvalue weighted by Gasteiger charge is 2.44. The maximum atomic E-state index is 11.1. The summed E-state index contributed by atoms with van der Waals surface area (Å²) >= 11 is 0. The number of carbonyl (C=O) groups is 1. The van der Waals surface area contributed by atoms with Crippen LogP contribution < -0.4 is 11.1 Å². The van der Waals surface area contributed by atoms with Gasteiger partial charge in [0.2, 0.25) is 6.29 Å². The molecule has 2 amide bonds. The second-order valence-corrected chi connectivity index (χ2v) is 3.27. The van der Waals surface area contributed by atoms with E-state index in [1.165, 1.54) is 0 Å². The third-order valence-electron chi connectivity index (χ3n) is 1.96. The zero-order chi connectivity index (χ0) is 14.0. The van der Waals surface area contributed by atoms with E-state index in [9.17, 15) is 4.79 Å². The Balaban J connectivity index is 5.09. The lowest BCUT2D eigenvalue weighted by atomic mass is 10.4. The Hall–Kier alpha value is -0.890. The first-order valence-corrected chi connectivity index (χ1v) is 6.14. The standard InChI is InChI=1S/C11H24N2O5/c1-5-15-9(16-6-2)11(17-7-3,18-8-4)13-10(12)14/h9H,5-8H2,1-4H3,(H3,12,13,14). The number of nitrogens with one attached hydrogen (secondary N) is 1. The Bertz CT molecular complexity index is 225. The van der Waals surface area contributed by atoms with Crippen LogP contribution >= 0.6 is 0 Å². The van der Waals surface area contributed by atoms with Crippen LogP contribution in [0.2, 0.25) is 0 Å². The zero-order valence-electron chi connectivity index (χ0n) is 11.5. The molecule has 0 saturated carbocycles. The molecule has 0 bridgehead atoms. The summed E-state index contributed by atoms with van der Waals surface area (Å²) in [5.41, 5.74) is 5.15. The molecule has 0 aliphatic rings. The van der Waals surface area contributed by atoms with Gasteiger partial charge in [-0.2, -0.15) is 0 Å². The lowest BCUT2D eigenvalue weighted by Gasteiger charge is -2.38. The summed E-state index contributed by atoms with van der Waals surface area (Å²) < 4.78 is 21.8. The maximum absolute atomic E-state index is 11.1. The van der Waals surface area contributed by atoms with Crippen LogP contribution in [0.15, 0.2) is 0 Å². The molecule has 0 aromatic carbocycles. The van der Waals surface area contributed by atoms with Crippen molar-refractivity contribution in [2.75, 3.05) is 26.4 Å². The number of hydrogen-bond acceptors (Lipinski definition) is 5. The second kappa shape index (κ2) is 9.09. The minimum absolute atomic E-state index is 0.303. The predicted molar refractivity (Wildman–Crippen MR) is 65.7 cm³/mol. The van der Waals surface area contributed by atoms with Crippen molar-refractivity contribution >= 4 is 6.03 Å². The Morgan fingerprint density at radius 2 is 1.50 bits per heavy atom. The van der Waals surface area contributed by atoms with Crippen LogP contribution in [0, 0.1) is 0 Å². The lowest BCUT2D eigenvalue weighted by molar-refractivity contribution is -0.357. The first-order valence-electron chi connectivity index (χ1n) is 6.14. The van der Waals surface area contributed by atoms with Crippen LogP contribution in [-0.2, 0) is 18.9 Å². The molecular formula is C11H24N2O5. The topological polar surface area (TPSA) is 92.0 Å². The van der Waals surface area contributed by atoms with Gasteiger partial charge in [-0.05, 0) is 27.7 Å². The van der Waals surface area contributed by atoms with Gasteiger partial charge < -0.3 is 24.7 Å². The minimum atomic E-state index is -1.53. The summed E-state index contributed by atoms with van der Waals surface area (Å²) in [7, 11) is 0. The van der Waals surface area contributed by atoms with Crippen LogP contribution in [0.25, 0.3) is 0 Å². The van der Waals surface area contributed by atoms with Gasteiger partial charge in [0.05, 0.1) is 0 Å². The van der Waals surface area contributed by atoms with Crippen LogP contribution in [0.3, 0.4) is 0 Å². The molecular weight excluding hydrogens is 240 g/mol. The number of carbonyl (C=O) groups excluding carboxylic acids is 1. The highest BCUT2D eigenvalue weighted by molar-refractivity contribution is 5.72. The van der Waals surface area contributed by atoms with Gasteiger partial charge in [0.1, 0.15) is 0 Å². The van der Waals surface area contributed by atoms with Gasteiger partial charge in [-0.15, -0.1) is 0 Å². The molecule has 108 valence electrons. The molecule has 0 fully saturated rings. The summed E-state index contributed by atoms with van der Waals surface area (Å²) in [6, 6.07) is -0.777. The fraction of sp³-hybridized carbons (Fsp3) is 0.909. The number of rotatable bonds is 10. The van der Waals surface area contributed by atoms with E-state index < -0.39 is 18.2 Å². The molecule has 3 N–H and O–H groups in total. The van der Waals surface area contributed by atoms with Crippen molar-refractivity contribution < 1.29 is 23.7 Å². The summed E-state index contributed by atoms with van der Waals surface area (Å²) in [6.07, 6.45) is -0.889. The van der Waals surface area contributed by atoms with E-state index in [1.807, 2.05) is 0 Å². The molecule has 0 saturated heterocycles. The number of nitrogens with two attached hydrogens (primary N) is 1. The molecule has 7 heteroatoms. The highest BCUT2D eigenvalue weighted by atomic mass is 16.8. The largest absolute Gasteiger partial charge is 0.352 e. The average molecular weight is 264 g/mol. The molecule has 0 aromatic heterocycles. The molecule has 0 aromatic rings. The Morgan fingerprint density at radius 1 is 1.06 bits per heavy atom. The van der Waals surface area contributed by atoms with Crippen molar-refractivity contribution in [2.24, 2.45) is 5.73 Å². The van der Waals surface area contributed by atoms with E-state index in [1.54, 1.807) is 27.7 Å². The van der Waals surface area contributed by atoms with Crippen molar-refractivity contribution in [3.05, 3.63) is 0 Å². The number of urea groups is 1.